The summed E-state index contributed by atoms with van der Waals surface area (Å²) in [4.78, 5) is 13.0. The Kier molecular flexibility index (Phi) is 27.0. The highest BCUT2D eigenvalue weighted by molar-refractivity contribution is 7.80. The Morgan fingerprint density at radius 1 is 0.784 bits per heavy atom. The van der Waals surface area contributed by atoms with E-state index in [0.29, 0.717) is 12.8 Å². The van der Waals surface area contributed by atoms with E-state index in [0.717, 1.165) is 51.4 Å². The SMILES string of the molecule is CCCCC/C=C\CCCCCCC(O)C(=O)NC(COC1OC(CO)C(O)C(OS(=O)(=O)O)C1O)C(O)/C=C/CCCCCCCCCCC. The van der Waals surface area contributed by atoms with Crippen LogP contribution in [0.5, 0.6) is 0 Å². The van der Waals surface area contributed by atoms with Gasteiger partial charge in [-0.15, -0.1) is 0 Å². The second-order valence-corrected chi connectivity index (χ2v) is 14.7. The van der Waals surface area contributed by atoms with Crippen LogP contribution < -0.4 is 5.32 Å². The van der Waals surface area contributed by atoms with Gasteiger partial charge in [0.2, 0.25) is 5.91 Å². The standard InChI is InChI=1S/C37H69NO12S/c1-3-5-7-9-11-13-15-17-19-21-23-25-30(40)29(28-48-37-34(43)35(50-51(45,46)47)33(42)32(27-39)49-37)38-36(44)31(41)26-24-22-20-18-16-14-12-10-8-6-4-2/h12,14,23,25,29-35,37,39-43H,3-11,13,15-22,24,26-28H2,1-2H3,(H,38,44)(H,45,46,47)/b14-12-,25-23+. The maximum Gasteiger partial charge on any atom is 0.397 e. The molecule has 1 saturated heterocycles. The number of allylic oxidation sites excluding steroid dienone is 3. The lowest BCUT2D eigenvalue weighted by Crippen LogP contribution is -2.61. The van der Waals surface area contributed by atoms with Crippen LogP contribution in [-0.2, 0) is 28.9 Å². The molecule has 8 atom stereocenters. The number of aliphatic hydroxyl groups is 5. The Labute approximate surface area is 306 Å². The number of carbonyl (C=O) groups excluding carboxylic acids is 1. The summed E-state index contributed by atoms with van der Waals surface area (Å²) >= 11 is 0. The average molecular weight is 752 g/mol. The van der Waals surface area contributed by atoms with Gasteiger partial charge in [0.25, 0.3) is 0 Å². The largest absolute Gasteiger partial charge is 0.397 e. The van der Waals surface area contributed by atoms with E-state index in [1.54, 1.807) is 0 Å². The average Bonchev–Trinajstić information content (AvgIpc) is 3.09. The molecule has 1 aliphatic heterocycles. The first-order chi connectivity index (χ1) is 24.4. The third-order valence-corrected chi connectivity index (χ3v) is 9.55. The minimum Gasteiger partial charge on any atom is -0.394 e. The van der Waals surface area contributed by atoms with Crippen LogP contribution in [0.25, 0.3) is 0 Å². The van der Waals surface area contributed by atoms with Crippen molar-refractivity contribution in [2.75, 3.05) is 13.2 Å². The first-order valence-electron chi connectivity index (χ1n) is 19.3. The maximum atomic E-state index is 13.0. The molecule has 7 N–H and O–H groups in total. The second-order valence-electron chi connectivity index (χ2n) is 13.7. The molecule has 0 spiro atoms. The molecule has 1 aliphatic rings. The minimum atomic E-state index is -5.11. The van der Waals surface area contributed by atoms with Gasteiger partial charge in [0, 0.05) is 0 Å². The number of hydrogen-bond acceptors (Lipinski definition) is 11. The van der Waals surface area contributed by atoms with E-state index in [4.69, 9.17) is 14.0 Å². The molecule has 300 valence electrons. The minimum absolute atomic E-state index is 0.228. The summed E-state index contributed by atoms with van der Waals surface area (Å²) in [7, 11) is -5.11. The predicted molar refractivity (Wildman–Crippen MR) is 196 cm³/mol. The van der Waals surface area contributed by atoms with Gasteiger partial charge in [0.1, 0.15) is 30.5 Å². The number of carbonyl (C=O) groups is 1. The number of nitrogens with one attached hydrogen (secondary N) is 1. The zero-order chi connectivity index (χ0) is 37.9. The Morgan fingerprint density at radius 3 is 1.86 bits per heavy atom. The van der Waals surface area contributed by atoms with Gasteiger partial charge >= 0.3 is 10.4 Å². The maximum absolute atomic E-state index is 13.0. The number of amides is 1. The van der Waals surface area contributed by atoms with E-state index < -0.39 is 78.5 Å². The molecular formula is C37H69NO12S. The van der Waals surface area contributed by atoms with Crippen LogP contribution in [0.15, 0.2) is 24.3 Å². The lowest BCUT2D eigenvalue weighted by Gasteiger charge is -2.41. The second kappa shape index (κ2) is 29.0. The Balaban J connectivity index is 2.74. The molecule has 1 fully saturated rings. The van der Waals surface area contributed by atoms with E-state index in [1.807, 2.05) is 6.08 Å². The molecule has 1 heterocycles. The van der Waals surface area contributed by atoms with Gasteiger partial charge in [-0.25, -0.2) is 4.18 Å². The molecule has 0 aromatic rings. The first-order valence-corrected chi connectivity index (χ1v) is 20.7. The van der Waals surface area contributed by atoms with Crippen molar-refractivity contribution in [3.63, 3.8) is 0 Å². The highest BCUT2D eigenvalue weighted by Gasteiger charge is 2.48. The van der Waals surface area contributed by atoms with E-state index >= 15 is 0 Å². The Hall–Kier alpha value is -1.46. The quantitative estimate of drug-likeness (QED) is 0.0290. The van der Waals surface area contributed by atoms with Crippen LogP contribution in [0.3, 0.4) is 0 Å². The van der Waals surface area contributed by atoms with Crippen molar-refractivity contribution in [2.24, 2.45) is 0 Å². The smallest absolute Gasteiger partial charge is 0.394 e. The van der Waals surface area contributed by atoms with Gasteiger partial charge in [-0.05, 0) is 44.9 Å². The number of hydrogen-bond donors (Lipinski definition) is 7. The fourth-order valence-corrected chi connectivity index (χ4v) is 6.43. The van der Waals surface area contributed by atoms with Crippen molar-refractivity contribution >= 4 is 16.3 Å². The summed E-state index contributed by atoms with van der Waals surface area (Å²) in [5.41, 5.74) is 0. The topological polar surface area (TPSA) is 212 Å². The molecule has 0 radical (unpaired) electrons. The molecule has 8 unspecified atom stereocenters. The van der Waals surface area contributed by atoms with Crippen LogP contribution in [0.1, 0.15) is 142 Å². The summed E-state index contributed by atoms with van der Waals surface area (Å²) in [6.45, 7) is 3.11. The normalized spacial score (nSPS) is 23.2. The molecule has 14 heteroatoms. The molecule has 0 aliphatic carbocycles. The van der Waals surface area contributed by atoms with Gasteiger partial charge in [-0.2, -0.15) is 8.42 Å². The summed E-state index contributed by atoms with van der Waals surface area (Å²) < 4.78 is 47.2. The molecule has 0 aromatic carbocycles. The number of unbranched alkanes of at least 4 members (excludes halogenated alkanes) is 16. The highest BCUT2D eigenvalue weighted by Crippen LogP contribution is 2.26. The van der Waals surface area contributed by atoms with Crippen LogP contribution in [0.2, 0.25) is 0 Å². The lowest BCUT2D eigenvalue weighted by atomic mass is 9.99. The molecule has 0 saturated carbocycles. The zero-order valence-electron chi connectivity index (χ0n) is 31.0. The first kappa shape index (κ1) is 47.6. The van der Waals surface area contributed by atoms with Crippen molar-refractivity contribution < 1.29 is 57.0 Å². The Morgan fingerprint density at radius 2 is 1.29 bits per heavy atom. The number of ether oxygens (including phenoxy) is 2. The third kappa shape index (κ3) is 22.4. The van der Waals surface area contributed by atoms with Crippen LogP contribution >= 0.6 is 0 Å². The van der Waals surface area contributed by atoms with E-state index in [1.165, 1.54) is 63.9 Å². The highest BCUT2D eigenvalue weighted by atomic mass is 32.3. The molecule has 13 nitrogen and oxygen atoms in total. The molecule has 51 heavy (non-hydrogen) atoms. The third-order valence-electron chi connectivity index (χ3n) is 9.08. The fourth-order valence-electron chi connectivity index (χ4n) is 5.92. The Bertz CT molecular complexity index is 1040. The summed E-state index contributed by atoms with van der Waals surface area (Å²) in [5.74, 6) is -0.716. The van der Waals surface area contributed by atoms with Crippen molar-refractivity contribution in [1.29, 1.82) is 0 Å². The molecule has 0 bridgehead atoms. The number of rotatable bonds is 31. The van der Waals surface area contributed by atoms with Crippen LogP contribution in [0.4, 0.5) is 0 Å². The zero-order valence-corrected chi connectivity index (χ0v) is 31.8. The summed E-state index contributed by atoms with van der Waals surface area (Å²) in [6, 6.07) is -1.12. The van der Waals surface area contributed by atoms with Gasteiger partial charge in [0.05, 0.1) is 25.4 Å². The molecule has 0 aromatic heterocycles. The summed E-state index contributed by atoms with van der Waals surface area (Å²) in [6.07, 6.45) is 17.1. The number of aliphatic hydroxyl groups excluding tert-OH is 5. The molecule has 1 rings (SSSR count). The van der Waals surface area contributed by atoms with Crippen LogP contribution in [-0.4, -0.2) is 107 Å². The van der Waals surface area contributed by atoms with Crippen LogP contribution in [0, 0.1) is 0 Å². The van der Waals surface area contributed by atoms with Crippen molar-refractivity contribution in [3.8, 4) is 0 Å². The monoisotopic (exact) mass is 751 g/mol. The lowest BCUT2D eigenvalue weighted by molar-refractivity contribution is -0.298. The van der Waals surface area contributed by atoms with Crippen molar-refractivity contribution in [2.45, 2.75) is 191 Å². The van der Waals surface area contributed by atoms with Crippen molar-refractivity contribution in [1.82, 2.24) is 5.32 Å². The predicted octanol–water partition coefficient (Wildman–Crippen LogP) is 4.79. The van der Waals surface area contributed by atoms with Gasteiger partial charge < -0.3 is 40.3 Å². The van der Waals surface area contributed by atoms with Gasteiger partial charge in [0.15, 0.2) is 6.29 Å². The molecule has 1 amide bonds. The van der Waals surface area contributed by atoms with Gasteiger partial charge in [-0.1, -0.05) is 122 Å². The summed E-state index contributed by atoms with van der Waals surface area (Å²) in [5, 5.41) is 54.8. The van der Waals surface area contributed by atoms with E-state index in [9.17, 15) is 38.7 Å². The molecular weight excluding hydrogens is 682 g/mol. The van der Waals surface area contributed by atoms with Gasteiger partial charge in [-0.3, -0.25) is 9.35 Å². The van der Waals surface area contributed by atoms with E-state index in [2.05, 4.69) is 35.5 Å². The van der Waals surface area contributed by atoms with Crippen molar-refractivity contribution in [3.05, 3.63) is 24.3 Å². The fraction of sp³-hybridized carbons (Fsp3) is 0.865. The van der Waals surface area contributed by atoms with E-state index in [-0.39, 0.29) is 6.42 Å².